The van der Waals surface area contributed by atoms with E-state index in [1.54, 1.807) is 0 Å². The maximum atomic E-state index is 6.42. The number of benzene rings is 1. The van der Waals surface area contributed by atoms with Gasteiger partial charge in [-0.25, -0.2) is 4.98 Å². The molecule has 2 aromatic rings. The van der Waals surface area contributed by atoms with Crippen LogP contribution in [-0.2, 0) is 11.2 Å². The maximum Gasteiger partial charge on any atom is 0.257 e. The van der Waals surface area contributed by atoms with Crippen molar-refractivity contribution in [3.8, 4) is 0 Å². The summed E-state index contributed by atoms with van der Waals surface area (Å²) in [4.78, 5) is 6.84. The number of aryl methyl sites for hydroxylation is 2. The van der Waals surface area contributed by atoms with Crippen LogP contribution in [0.3, 0.4) is 0 Å². The Labute approximate surface area is 149 Å². The molecule has 1 aromatic carbocycles. The van der Waals surface area contributed by atoms with E-state index in [1.807, 2.05) is 6.33 Å². The van der Waals surface area contributed by atoms with Crippen LogP contribution in [0.2, 0.25) is 0 Å². The summed E-state index contributed by atoms with van der Waals surface area (Å²) in [6.07, 6.45) is 10.2. The molecule has 130 valence electrons. The molecule has 0 saturated heterocycles. The van der Waals surface area contributed by atoms with Gasteiger partial charge in [0, 0.05) is 19.0 Å². The monoisotopic (exact) mass is 335 g/mol. The Hall–Kier alpha value is -2.49. The number of rotatable bonds is 4. The number of allylic oxidation sites excluding steroid dienone is 2. The summed E-state index contributed by atoms with van der Waals surface area (Å²) < 4.78 is 8.57. The van der Waals surface area contributed by atoms with Gasteiger partial charge in [0.15, 0.2) is 0 Å². The average molecular weight is 335 g/mol. The number of imidazole rings is 1. The molecular weight excluding hydrogens is 310 g/mol. The second-order valence-corrected chi connectivity index (χ2v) is 6.87. The van der Waals surface area contributed by atoms with E-state index in [-0.39, 0.29) is 6.35 Å². The Morgan fingerprint density at radius 1 is 1.24 bits per heavy atom. The Morgan fingerprint density at radius 3 is 2.80 bits per heavy atom. The molecule has 2 heterocycles. The van der Waals surface area contributed by atoms with Gasteiger partial charge in [-0.05, 0) is 32.3 Å². The molecule has 4 nitrogen and oxygen atoms in total. The van der Waals surface area contributed by atoms with Gasteiger partial charge >= 0.3 is 0 Å². The fourth-order valence-electron chi connectivity index (χ4n) is 3.67. The van der Waals surface area contributed by atoms with Crippen molar-refractivity contribution >= 4 is 11.8 Å². The first-order valence-electron chi connectivity index (χ1n) is 9.11. The number of hydrogen-bond acceptors (Lipinski definition) is 3. The highest BCUT2D eigenvalue weighted by Gasteiger charge is 2.34. The van der Waals surface area contributed by atoms with Crippen molar-refractivity contribution in [1.82, 2.24) is 14.5 Å². The van der Waals surface area contributed by atoms with Crippen LogP contribution in [0.5, 0.6) is 0 Å². The minimum absolute atomic E-state index is 0.170. The fourth-order valence-corrected chi connectivity index (χ4v) is 3.67. The lowest BCUT2D eigenvalue weighted by atomic mass is 10.1. The van der Waals surface area contributed by atoms with Crippen molar-refractivity contribution in [3.63, 3.8) is 0 Å². The minimum Gasteiger partial charge on any atom is -0.454 e. The van der Waals surface area contributed by atoms with E-state index in [1.165, 1.54) is 28.2 Å². The van der Waals surface area contributed by atoms with Crippen molar-refractivity contribution in [2.45, 2.75) is 45.9 Å². The van der Waals surface area contributed by atoms with Crippen molar-refractivity contribution in [2.24, 2.45) is 0 Å². The number of hydrogen-bond donors (Lipinski definition) is 0. The lowest BCUT2D eigenvalue weighted by molar-refractivity contribution is -0.00675. The molecular formula is C21H25N3O. The quantitative estimate of drug-likeness (QED) is 0.808. The van der Waals surface area contributed by atoms with Crippen molar-refractivity contribution in [3.05, 3.63) is 64.9 Å². The number of ether oxygens (including phenoxy) is 1. The van der Waals surface area contributed by atoms with Crippen molar-refractivity contribution in [2.75, 3.05) is 7.05 Å². The second-order valence-electron chi connectivity index (χ2n) is 6.87. The number of nitrogens with zero attached hydrogens (tertiary/aromatic N) is 3. The first kappa shape index (κ1) is 16.0. The fraction of sp³-hybridized carbons (Fsp3) is 0.381. The Morgan fingerprint density at radius 2 is 2.04 bits per heavy atom. The van der Waals surface area contributed by atoms with E-state index in [9.17, 15) is 0 Å². The topological polar surface area (TPSA) is 30.3 Å². The summed E-state index contributed by atoms with van der Waals surface area (Å²) in [5.41, 5.74) is 6.01. The predicted octanol–water partition coefficient (Wildman–Crippen LogP) is 4.74. The van der Waals surface area contributed by atoms with E-state index in [4.69, 9.17) is 4.74 Å². The molecule has 0 N–H and O–H groups in total. The number of aromatic nitrogens is 2. The highest BCUT2D eigenvalue weighted by molar-refractivity contribution is 5.67. The summed E-state index contributed by atoms with van der Waals surface area (Å²) in [5, 5.41) is 0. The molecule has 1 unspecified atom stereocenters. The highest BCUT2D eigenvalue weighted by Crippen LogP contribution is 2.40. The summed E-state index contributed by atoms with van der Waals surface area (Å²) in [5.74, 6) is 1.07. The van der Waals surface area contributed by atoms with Crippen LogP contribution in [0.1, 0.15) is 55.1 Å². The average Bonchev–Trinajstić information content (AvgIpc) is 3.18. The molecule has 0 amide bonds. The molecule has 4 rings (SSSR count). The molecule has 4 heteroatoms. The first-order chi connectivity index (χ1) is 12.2. The lowest BCUT2D eigenvalue weighted by Gasteiger charge is -2.25. The smallest absolute Gasteiger partial charge is 0.257 e. The van der Waals surface area contributed by atoms with E-state index in [0.717, 1.165) is 31.4 Å². The van der Waals surface area contributed by atoms with Gasteiger partial charge in [0.05, 0.1) is 23.4 Å². The van der Waals surface area contributed by atoms with E-state index >= 15 is 0 Å². The second kappa shape index (κ2) is 6.43. The van der Waals surface area contributed by atoms with Gasteiger partial charge in [-0.1, -0.05) is 42.8 Å². The summed E-state index contributed by atoms with van der Waals surface area (Å²) in [6, 6.07) is 8.70. The van der Waals surface area contributed by atoms with Crippen molar-refractivity contribution < 1.29 is 4.74 Å². The van der Waals surface area contributed by atoms with Crippen LogP contribution in [0.15, 0.2) is 42.4 Å². The molecule has 1 aliphatic heterocycles. The standard InChI is InChI=1S/C21H25N3O/c1-4-7-19-20(16-12-10-15(2)11-13-16)23(3)21(25-19)24-14-22-17-8-5-6-9-18(17)24/h6,9-14,21H,4-5,7-8H2,1-3H3. The zero-order chi connectivity index (χ0) is 17.4. The Balaban J connectivity index is 1.72. The zero-order valence-electron chi connectivity index (χ0n) is 15.2. The largest absolute Gasteiger partial charge is 0.454 e. The molecule has 0 bridgehead atoms. The van der Waals surface area contributed by atoms with Crippen molar-refractivity contribution in [1.29, 1.82) is 0 Å². The highest BCUT2D eigenvalue weighted by atomic mass is 16.5. The summed E-state index contributed by atoms with van der Waals surface area (Å²) in [6.45, 7) is 4.31. The lowest BCUT2D eigenvalue weighted by Crippen LogP contribution is -2.25. The van der Waals surface area contributed by atoms with Gasteiger partial charge in [0.25, 0.3) is 6.35 Å². The Kier molecular flexibility index (Phi) is 4.12. The predicted molar refractivity (Wildman–Crippen MR) is 100 cm³/mol. The third kappa shape index (κ3) is 2.76. The third-order valence-corrected chi connectivity index (χ3v) is 4.97. The Bertz CT molecular complexity index is 829. The van der Waals surface area contributed by atoms with Gasteiger partial charge in [0.2, 0.25) is 0 Å². The first-order valence-corrected chi connectivity index (χ1v) is 9.11. The summed E-state index contributed by atoms with van der Waals surface area (Å²) >= 11 is 0. The van der Waals surface area contributed by atoms with Crippen LogP contribution < -0.4 is 0 Å². The molecule has 25 heavy (non-hydrogen) atoms. The maximum absolute atomic E-state index is 6.42. The molecule has 0 fully saturated rings. The van der Waals surface area contributed by atoms with E-state index in [2.05, 4.69) is 71.8 Å². The van der Waals surface area contributed by atoms with Crippen LogP contribution in [0.25, 0.3) is 11.8 Å². The van der Waals surface area contributed by atoms with Gasteiger partial charge in [-0.3, -0.25) is 4.57 Å². The molecule has 1 aliphatic carbocycles. The SMILES string of the molecule is CCCC1=C(c2ccc(C)cc2)N(C)C(n2cnc3c2C=CCC3)O1. The van der Waals surface area contributed by atoms with Gasteiger partial charge in [-0.15, -0.1) is 0 Å². The molecule has 1 aromatic heterocycles. The van der Waals surface area contributed by atoms with Crippen LogP contribution in [0, 0.1) is 6.92 Å². The van der Waals surface area contributed by atoms with E-state index < -0.39 is 0 Å². The van der Waals surface area contributed by atoms with Crippen LogP contribution >= 0.6 is 0 Å². The van der Waals surface area contributed by atoms with E-state index in [0.29, 0.717) is 0 Å². The molecule has 0 radical (unpaired) electrons. The normalized spacial score (nSPS) is 19.3. The molecule has 2 aliphatic rings. The zero-order valence-corrected chi connectivity index (χ0v) is 15.2. The van der Waals surface area contributed by atoms with Crippen LogP contribution in [-0.4, -0.2) is 21.5 Å². The molecule has 0 spiro atoms. The number of fused-ring (bicyclic) bond motifs is 1. The van der Waals surface area contributed by atoms with Gasteiger partial charge in [-0.2, -0.15) is 0 Å². The minimum atomic E-state index is -0.170. The van der Waals surface area contributed by atoms with Gasteiger partial charge in [0.1, 0.15) is 5.76 Å². The summed E-state index contributed by atoms with van der Waals surface area (Å²) in [7, 11) is 2.11. The molecule has 1 atom stereocenters. The van der Waals surface area contributed by atoms with Gasteiger partial charge < -0.3 is 9.64 Å². The van der Waals surface area contributed by atoms with Crippen LogP contribution in [0.4, 0.5) is 0 Å². The third-order valence-electron chi connectivity index (χ3n) is 4.97. The molecule has 0 saturated carbocycles.